The van der Waals surface area contributed by atoms with Crippen molar-refractivity contribution in [1.29, 1.82) is 0 Å². The van der Waals surface area contributed by atoms with E-state index < -0.39 is 0 Å². The highest BCUT2D eigenvalue weighted by Gasteiger charge is 2.14. The van der Waals surface area contributed by atoms with Gasteiger partial charge in [0.2, 0.25) is 0 Å². The Hall–Kier alpha value is -1.02. The molecule has 0 saturated carbocycles. The Bertz CT molecular complexity index is 391. The van der Waals surface area contributed by atoms with Crippen molar-refractivity contribution in [3.05, 3.63) is 28.8 Å². The lowest BCUT2D eigenvalue weighted by Crippen LogP contribution is -2.19. The van der Waals surface area contributed by atoms with Crippen LogP contribution in [-0.2, 0) is 0 Å². The van der Waals surface area contributed by atoms with E-state index in [1.807, 2.05) is 0 Å². The summed E-state index contributed by atoms with van der Waals surface area (Å²) < 4.78 is 5.75. The molecule has 114 valence electrons. The molecule has 2 N–H and O–H groups in total. The van der Waals surface area contributed by atoms with Gasteiger partial charge in [-0.25, -0.2) is 0 Å². The molecule has 1 rings (SSSR count). The van der Waals surface area contributed by atoms with Gasteiger partial charge in [-0.3, -0.25) is 0 Å². The molecule has 0 aliphatic rings. The molecule has 0 aliphatic heterocycles. The van der Waals surface area contributed by atoms with Crippen LogP contribution in [0.1, 0.15) is 69.1 Å². The molecule has 0 heterocycles. The first kappa shape index (κ1) is 17.0. The van der Waals surface area contributed by atoms with Crippen molar-refractivity contribution in [2.75, 3.05) is 6.61 Å². The Balaban J connectivity index is 2.79. The highest BCUT2D eigenvalue weighted by Crippen LogP contribution is 2.31. The van der Waals surface area contributed by atoms with Gasteiger partial charge in [0, 0.05) is 6.04 Å². The first-order chi connectivity index (χ1) is 9.49. The van der Waals surface area contributed by atoms with E-state index in [0.29, 0.717) is 12.0 Å². The fraction of sp³-hybridized carbons (Fsp3) is 0.667. The quantitative estimate of drug-likeness (QED) is 0.746. The topological polar surface area (TPSA) is 35.2 Å². The fourth-order valence-electron chi connectivity index (χ4n) is 2.83. The van der Waals surface area contributed by atoms with Crippen LogP contribution in [0.2, 0.25) is 0 Å². The SMILES string of the molecule is CCCOc1cc(C)c(C(C)CCC(N)CC)c(C)c1. The number of hydrogen-bond donors (Lipinski definition) is 1. The standard InChI is InChI=1S/C18H31NO/c1-6-10-20-17-11-14(4)18(15(5)12-17)13(3)8-9-16(19)7-2/h11-13,16H,6-10,19H2,1-5H3. The molecular formula is C18H31NO. The van der Waals surface area contributed by atoms with Gasteiger partial charge in [-0.2, -0.15) is 0 Å². The summed E-state index contributed by atoms with van der Waals surface area (Å²) in [7, 11) is 0. The van der Waals surface area contributed by atoms with Crippen LogP contribution in [0.15, 0.2) is 12.1 Å². The normalized spacial score (nSPS) is 14.1. The molecule has 2 nitrogen and oxygen atoms in total. The van der Waals surface area contributed by atoms with E-state index in [4.69, 9.17) is 10.5 Å². The summed E-state index contributed by atoms with van der Waals surface area (Å²) in [5, 5.41) is 0. The number of ether oxygens (including phenoxy) is 1. The molecule has 2 unspecified atom stereocenters. The first-order valence-electron chi connectivity index (χ1n) is 7.99. The molecule has 0 fully saturated rings. The Morgan fingerprint density at radius 2 is 1.70 bits per heavy atom. The average Bonchev–Trinajstić information content (AvgIpc) is 2.41. The van der Waals surface area contributed by atoms with Crippen LogP contribution < -0.4 is 10.5 Å². The minimum absolute atomic E-state index is 0.338. The second-order valence-corrected chi connectivity index (χ2v) is 5.97. The van der Waals surface area contributed by atoms with Crippen LogP contribution >= 0.6 is 0 Å². The summed E-state index contributed by atoms with van der Waals surface area (Å²) >= 11 is 0. The fourth-order valence-corrected chi connectivity index (χ4v) is 2.83. The minimum atomic E-state index is 0.338. The maximum absolute atomic E-state index is 6.03. The number of aryl methyl sites for hydroxylation is 2. The first-order valence-corrected chi connectivity index (χ1v) is 7.99. The van der Waals surface area contributed by atoms with E-state index in [1.165, 1.54) is 16.7 Å². The van der Waals surface area contributed by atoms with Crippen molar-refractivity contribution < 1.29 is 4.74 Å². The van der Waals surface area contributed by atoms with E-state index in [-0.39, 0.29) is 0 Å². The number of benzene rings is 1. The summed E-state index contributed by atoms with van der Waals surface area (Å²) in [6.07, 6.45) is 4.37. The molecule has 0 bridgehead atoms. The molecular weight excluding hydrogens is 246 g/mol. The van der Waals surface area contributed by atoms with Crippen molar-refractivity contribution in [1.82, 2.24) is 0 Å². The Labute approximate surface area is 124 Å². The molecule has 1 aromatic carbocycles. The zero-order chi connectivity index (χ0) is 15.1. The van der Waals surface area contributed by atoms with Crippen LogP contribution in [0.3, 0.4) is 0 Å². The van der Waals surface area contributed by atoms with Gasteiger partial charge in [-0.1, -0.05) is 20.8 Å². The number of rotatable bonds is 8. The third-order valence-electron chi connectivity index (χ3n) is 4.03. The van der Waals surface area contributed by atoms with E-state index in [1.54, 1.807) is 0 Å². The zero-order valence-corrected chi connectivity index (χ0v) is 13.8. The molecule has 0 amide bonds. The van der Waals surface area contributed by atoms with Gasteiger partial charge in [0.15, 0.2) is 0 Å². The molecule has 1 aromatic rings. The van der Waals surface area contributed by atoms with Gasteiger partial charge in [0.1, 0.15) is 5.75 Å². The summed E-state index contributed by atoms with van der Waals surface area (Å²) in [6, 6.07) is 4.69. The maximum Gasteiger partial charge on any atom is 0.119 e. The second-order valence-electron chi connectivity index (χ2n) is 5.97. The van der Waals surface area contributed by atoms with Crippen molar-refractivity contribution in [2.45, 2.75) is 72.3 Å². The van der Waals surface area contributed by atoms with E-state index in [9.17, 15) is 0 Å². The predicted molar refractivity (Wildman–Crippen MR) is 87.6 cm³/mol. The average molecular weight is 277 g/mol. The second kappa shape index (κ2) is 8.31. The van der Waals surface area contributed by atoms with Gasteiger partial charge in [-0.15, -0.1) is 0 Å². The molecule has 0 saturated heterocycles. The molecule has 2 atom stereocenters. The van der Waals surface area contributed by atoms with Crippen LogP contribution in [0.25, 0.3) is 0 Å². The van der Waals surface area contributed by atoms with Crippen molar-refractivity contribution >= 4 is 0 Å². The molecule has 0 aliphatic carbocycles. The van der Waals surface area contributed by atoms with Gasteiger partial charge in [0.25, 0.3) is 0 Å². The Morgan fingerprint density at radius 1 is 1.10 bits per heavy atom. The molecule has 20 heavy (non-hydrogen) atoms. The van der Waals surface area contributed by atoms with Gasteiger partial charge < -0.3 is 10.5 Å². The Morgan fingerprint density at radius 3 is 2.20 bits per heavy atom. The molecule has 0 spiro atoms. The third kappa shape index (κ3) is 4.82. The van der Waals surface area contributed by atoms with E-state index >= 15 is 0 Å². The van der Waals surface area contributed by atoms with Gasteiger partial charge >= 0.3 is 0 Å². The lowest BCUT2D eigenvalue weighted by molar-refractivity contribution is 0.317. The highest BCUT2D eigenvalue weighted by atomic mass is 16.5. The maximum atomic E-state index is 6.03. The minimum Gasteiger partial charge on any atom is -0.494 e. The third-order valence-corrected chi connectivity index (χ3v) is 4.03. The van der Waals surface area contributed by atoms with E-state index in [0.717, 1.165) is 38.0 Å². The van der Waals surface area contributed by atoms with Crippen LogP contribution in [0, 0.1) is 13.8 Å². The number of hydrogen-bond acceptors (Lipinski definition) is 2. The van der Waals surface area contributed by atoms with Crippen LogP contribution in [0.5, 0.6) is 5.75 Å². The van der Waals surface area contributed by atoms with Crippen LogP contribution in [-0.4, -0.2) is 12.6 Å². The van der Waals surface area contributed by atoms with Gasteiger partial charge in [-0.05, 0) is 74.3 Å². The lowest BCUT2D eigenvalue weighted by atomic mass is 9.87. The van der Waals surface area contributed by atoms with Gasteiger partial charge in [0.05, 0.1) is 6.61 Å². The monoisotopic (exact) mass is 277 g/mol. The summed E-state index contributed by atoms with van der Waals surface area (Å²) in [4.78, 5) is 0. The summed E-state index contributed by atoms with van der Waals surface area (Å²) in [6.45, 7) is 11.8. The van der Waals surface area contributed by atoms with Crippen LogP contribution in [0.4, 0.5) is 0 Å². The molecule has 0 aromatic heterocycles. The summed E-state index contributed by atoms with van der Waals surface area (Å²) in [5.74, 6) is 1.57. The summed E-state index contributed by atoms with van der Waals surface area (Å²) in [5.41, 5.74) is 10.2. The van der Waals surface area contributed by atoms with Crippen molar-refractivity contribution in [2.24, 2.45) is 5.73 Å². The van der Waals surface area contributed by atoms with Crippen molar-refractivity contribution in [3.8, 4) is 5.75 Å². The Kier molecular flexibility index (Phi) is 7.08. The highest BCUT2D eigenvalue weighted by molar-refractivity contribution is 5.42. The smallest absolute Gasteiger partial charge is 0.119 e. The largest absolute Gasteiger partial charge is 0.494 e. The zero-order valence-electron chi connectivity index (χ0n) is 13.8. The predicted octanol–water partition coefficient (Wildman–Crippen LogP) is 4.71. The molecule has 0 radical (unpaired) electrons. The van der Waals surface area contributed by atoms with E-state index in [2.05, 4.69) is 46.8 Å². The lowest BCUT2D eigenvalue weighted by Gasteiger charge is -2.20. The van der Waals surface area contributed by atoms with Crippen molar-refractivity contribution in [3.63, 3.8) is 0 Å². The molecule has 2 heteroatoms. The number of nitrogens with two attached hydrogens (primary N) is 1.